The molecule has 2 N–H and O–H groups in total. The van der Waals surface area contributed by atoms with Crippen molar-refractivity contribution in [3.05, 3.63) is 42.0 Å². The van der Waals surface area contributed by atoms with Gasteiger partial charge in [0.15, 0.2) is 5.82 Å². The molecule has 9 heteroatoms. The monoisotopic (exact) mass is 376 g/mol. The van der Waals surface area contributed by atoms with E-state index in [-0.39, 0.29) is 11.3 Å². The van der Waals surface area contributed by atoms with Crippen LogP contribution in [0.5, 0.6) is 11.6 Å². The molecule has 27 heavy (non-hydrogen) atoms. The Kier molecular flexibility index (Phi) is 5.70. The summed E-state index contributed by atoms with van der Waals surface area (Å²) in [6, 6.07) is 3.13. The maximum Gasteiger partial charge on any atom is 0.257 e. The summed E-state index contributed by atoms with van der Waals surface area (Å²) in [6.45, 7) is 0.869. The molecule has 0 bridgehead atoms. The van der Waals surface area contributed by atoms with Gasteiger partial charge in [-0.3, -0.25) is 4.79 Å². The van der Waals surface area contributed by atoms with Gasteiger partial charge in [0.2, 0.25) is 0 Å². The van der Waals surface area contributed by atoms with Crippen molar-refractivity contribution < 1.29 is 23.8 Å². The molecule has 2 aromatic rings. The number of benzene rings is 1. The van der Waals surface area contributed by atoms with Crippen molar-refractivity contribution in [3.8, 4) is 11.6 Å². The lowest BCUT2D eigenvalue weighted by atomic mass is 10.0. The predicted octanol–water partition coefficient (Wildman–Crippen LogP) is 1.00. The topological polar surface area (TPSA) is 96.8 Å². The number of methoxy groups -OCH3 is 2. The third-order valence-electron chi connectivity index (χ3n) is 4.44. The zero-order chi connectivity index (χ0) is 19.4. The van der Waals surface area contributed by atoms with Crippen LogP contribution in [0.25, 0.3) is 0 Å². The molecule has 1 amide bonds. The first kappa shape index (κ1) is 18.8. The van der Waals surface area contributed by atoms with Gasteiger partial charge in [-0.15, -0.1) is 0 Å². The second-order valence-electron chi connectivity index (χ2n) is 6.12. The third kappa shape index (κ3) is 4.08. The van der Waals surface area contributed by atoms with Gasteiger partial charge in [-0.25, -0.2) is 14.4 Å². The molecule has 2 atom stereocenters. The van der Waals surface area contributed by atoms with Gasteiger partial charge < -0.3 is 24.8 Å². The molecule has 3 rings (SSSR count). The van der Waals surface area contributed by atoms with Crippen molar-refractivity contribution in [1.29, 1.82) is 0 Å². The van der Waals surface area contributed by atoms with Gasteiger partial charge in [0.25, 0.3) is 11.8 Å². The van der Waals surface area contributed by atoms with Crippen LogP contribution in [0, 0.1) is 5.82 Å². The number of ether oxygens (including phenoxy) is 2. The fourth-order valence-corrected chi connectivity index (χ4v) is 3.05. The van der Waals surface area contributed by atoms with Crippen molar-refractivity contribution >= 4 is 11.7 Å². The Hall–Kier alpha value is -2.94. The number of hydrogen-bond acceptors (Lipinski definition) is 7. The molecule has 1 aliphatic rings. The number of aliphatic hydroxyl groups is 1. The van der Waals surface area contributed by atoms with Crippen molar-refractivity contribution in [2.75, 3.05) is 32.2 Å². The second-order valence-corrected chi connectivity index (χ2v) is 6.12. The number of aromatic nitrogens is 2. The maximum absolute atomic E-state index is 13.3. The Morgan fingerprint density at radius 3 is 2.81 bits per heavy atom. The molecule has 0 unspecified atom stereocenters. The first-order valence-electron chi connectivity index (χ1n) is 8.46. The molecular weight excluding hydrogens is 355 g/mol. The van der Waals surface area contributed by atoms with E-state index >= 15 is 0 Å². The highest BCUT2D eigenvalue weighted by Gasteiger charge is 2.31. The Morgan fingerprint density at radius 1 is 1.30 bits per heavy atom. The van der Waals surface area contributed by atoms with E-state index in [9.17, 15) is 14.3 Å². The summed E-state index contributed by atoms with van der Waals surface area (Å²) in [7, 11) is 2.87. The van der Waals surface area contributed by atoms with E-state index in [0.29, 0.717) is 31.2 Å². The lowest BCUT2D eigenvalue weighted by molar-refractivity contribution is 0.0782. The zero-order valence-electron chi connectivity index (χ0n) is 15.1. The van der Waals surface area contributed by atoms with Gasteiger partial charge in [-0.1, -0.05) is 0 Å². The Bertz CT molecular complexity index is 820. The van der Waals surface area contributed by atoms with Crippen LogP contribution < -0.4 is 19.7 Å². The maximum atomic E-state index is 13.3. The Morgan fingerprint density at radius 2 is 2.07 bits per heavy atom. The molecule has 2 heterocycles. The number of aliphatic hydroxyl groups excluding tert-OH is 1. The highest BCUT2D eigenvalue weighted by Crippen LogP contribution is 2.26. The number of halogens is 1. The van der Waals surface area contributed by atoms with Crippen molar-refractivity contribution in [2.24, 2.45) is 0 Å². The van der Waals surface area contributed by atoms with Crippen LogP contribution in [0.4, 0.5) is 10.2 Å². The number of carbonyl (C=O) groups is 1. The first-order chi connectivity index (χ1) is 13.0. The van der Waals surface area contributed by atoms with Gasteiger partial charge in [0, 0.05) is 31.5 Å². The normalized spacial score (nSPS) is 19.5. The molecule has 1 aromatic carbocycles. The minimum Gasteiger partial charge on any atom is -0.496 e. The van der Waals surface area contributed by atoms with Crippen LogP contribution in [-0.2, 0) is 0 Å². The van der Waals surface area contributed by atoms with Crippen molar-refractivity contribution in [3.63, 3.8) is 0 Å². The predicted molar refractivity (Wildman–Crippen MR) is 95.6 cm³/mol. The van der Waals surface area contributed by atoms with Gasteiger partial charge in [0.1, 0.15) is 11.6 Å². The van der Waals surface area contributed by atoms with E-state index in [0.717, 1.165) is 6.07 Å². The number of hydrogen-bond donors (Lipinski definition) is 2. The fourth-order valence-electron chi connectivity index (χ4n) is 3.05. The quantitative estimate of drug-likeness (QED) is 0.804. The third-order valence-corrected chi connectivity index (χ3v) is 4.44. The van der Waals surface area contributed by atoms with Crippen LogP contribution in [-0.4, -0.2) is 60.4 Å². The van der Waals surface area contributed by atoms with Crippen LogP contribution >= 0.6 is 0 Å². The zero-order valence-corrected chi connectivity index (χ0v) is 15.1. The van der Waals surface area contributed by atoms with Crippen molar-refractivity contribution in [1.82, 2.24) is 15.3 Å². The fraction of sp³-hybridized carbons (Fsp3) is 0.389. The summed E-state index contributed by atoms with van der Waals surface area (Å²) in [6.07, 6.45) is 2.80. The van der Waals surface area contributed by atoms with Crippen molar-refractivity contribution in [2.45, 2.75) is 18.6 Å². The molecule has 0 aliphatic carbocycles. The van der Waals surface area contributed by atoms with Gasteiger partial charge in [-0.2, -0.15) is 0 Å². The van der Waals surface area contributed by atoms with E-state index in [1.807, 2.05) is 4.90 Å². The van der Waals surface area contributed by atoms with E-state index in [2.05, 4.69) is 15.3 Å². The summed E-state index contributed by atoms with van der Waals surface area (Å²) >= 11 is 0. The van der Waals surface area contributed by atoms with Gasteiger partial charge in [0.05, 0.1) is 31.9 Å². The number of nitrogens with zero attached hydrogens (tertiary/aromatic N) is 3. The standard InChI is InChI=1S/C18H21FN4O4/c1-26-15-9-11(19)3-4-12(15)17(25)22-13-10-23(8-5-14(13)24)16-18(27-2)21-7-6-20-16/h3-4,6-7,9,13-14,24H,5,8,10H2,1-2H3,(H,22,25)/t13-,14+/m1/s1. The van der Waals surface area contributed by atoms with E-state index in [1.54, 1.807) is 6.20 Å². The molecule has 1 saturated heterocycles. The average molecular weight is 376 g/mol. The lowest BCUT2D eigenvalue weighted by Gasteiger charge is -2.37. The summed E-state index contributed by atoms with van der Waals surface area (Å²) in [5.74, 6) is 0.0980. The van der Waals surface area contributed by atoms with E-state index < -0.39 is 23.9 Å². The summed E-state index contributed by atoms with van der Waals surface area (Å²) in [4.78, 5) is 22.9. The Labute approximate surface area is 155 Å². The SMILES string of the molecule is COc1cc(F)ccc1C(=O)N[C@@H]1CN(c2nccnc2OC)CC[C@@H]1O. The van der Waals surface area contributed by atoms with Crippen LogP contribution in [0.2, 0.25) is 0 Å². The molecule has 0 saturated carbocycles. The summed E-state index contributed by atoms with van der Waals surface area (Å²) in [5, 5.41) is 13.1. The van der Waals surface area contributed by atoms with Gasteiger partial charge in [-0.05, 0) is 18.6 Å². The van der Waals surface area contributed by atoms with E-state index in [4.69, 9.17) is 9.47 Å². The molecule has 0 radical (unpaired) electrons. The molecule has 1 aliphatic heterocycles. The summed E-state index contributed by atoms with van der Waals surface area (Å²) in [5.41, 5.74) is 0.195. The number of nitrogens with one attached hydrogen (secondary N) is 1. The van der Waals surface area contributed by atoms with Crippen LogP contribution in [0.1, 0.15) is 16.8 Å². The minimum absolute atomic E-state index is 0.130. The average Bonchev–Trinajstić information content (AvgIpc) is 2.69. The number of anilines is 1. The molecule has 1 aromatic heterocycles. The highest BCUT2D eigenvalue weighted by molar-refractivity contribution is 5.97. The second kappa shape index (κ2) is 8.17. The smallest absolute Gasteiger partial charge is 0.257 e. The van der Waals surface area contributed by atoms with Crippen LogP contribution in [0.3, 0.4) is 0 Å². The lowest BCUT2D eigenvalue weighted by Crippen LogP contribution is -2.55. The number of carbonyl (C=O) groups excluding carboxylic acids is 1. The number of rotatable bonds is 5. The first-order valence-corrected chi connectivity index (χ1v) is 8.46. The molecular formula is C18H21FN4O4. The number of piperidine rings is 1. The molecule has 144 valence electrons. The summed E-state index contributed by atoms with van der Waals surface area (Å²) < 4.78 is 23.7. The van der Waals surface area contributed by atoms with E-state index in [1.165, 1.54) is 32.5 Å². The molecule has 1 fully saturated rings. The van der Waals surface area contributed by atoms with Crippen LogP contribution in [0.15, 0.2) is 30.6 Å². The number of amides is 1. The minimum atomic E-state index is -0.723. The molecule has 8 nitrogen and oxygen atoms in total. The highest BCUT2D eigenvalue weighted by atomic mass is 19.1. The van der Waals surface area contributed by atoms with Gasteiger partial charge >= 0.3 is 0 Å². The Balaban J connectivity index is 1.77. The largest absolute Gasteiger partial charge is 0.496 e. The molecule has 0 spiro atoms.